The van der Waals surface area contributed by atoms with Gasteiger partial charge in [-0.1, -0.05) is 11.6 Å². The SMILES string of the molecule is ClCC1(Cc2ccsc2Cl)CC1. The molecule has 0 atom stereocenters. The Bertz CT molecular complexity index is 276. The predicted octanol–water partition coefficient (Wildman–Crippen LogP) is 3.96. The molecule has 0 aliphatic heterocycles. The van der Waals surface area contributed by atoms with Crippen LogP contribution in [0.25, 0.3) is 0 Å². The molecule has 0 saturated heterocycles. The van der Waals surface area contributed by atoms with Crippen LogP contribution in [-0.4, -0.2) is 5.88 Å². The second-order valence-corrected chi connectivity index (χ2v) is 5.32. The first-order valence-electron chi connectivity index (χ1n) is 4.04. The van der Waals surface area contributed by atoms with E-state index in [9.17, 15) is 0 Å². The molecule has 12 heavy (non-hydrogen) atoms. The van der Waals surface area contributed by atoms with Crippen LogP contribution >= 0.6 is 34.5 Å². The highest BCUT2D eigenvalue weighted by Crippen LogP contribution is 2.50. The fourth-order valence-corrected chi connectivity index (χ4v) is 2.67. The van der Waals surface area contributed by atoms with Crippen LogP contribution in [0.1, 0.15) is 18.4 Å². The molecule has 0 aromatic carbocycles. The van der Waals surface area contributed by atoms with Crippen molar-refractivity contribution in [2.24, 2.45) is 5.41 Å². The summed E-state index contributed by atoms with van der Waals surface area (Å²) in [5.41, 5.74) is 1.67. The van der Waals surface area contributed by atoms with Crippen LogP contribution in [0.15, 0.2) is 11.4 Å². The highest BCUT2D eigenvalue weighted by molar-refractivity contribution is 7.14. The molecule has 0 bridgehead atoms. The lowest BCUT2D eigenvalue weighted by Crippen LogP contribution is -2.05. The first kappa shape index (κ1) is 8.86. The number of thiophene rings is 1. The third-order valence-corrected chi connectivity index (χ3v) is 4.32. The summed E-state index contributed by atoms with van der Waals surface area (Å²) < 4.78 is 0.936. The van der Waals surface area contributed by atoms with Gasteiger partial charge in [0.15, 0.2) is 0 Å². The first-order valence-corrected chi connectivity index (χ1v) is 5.83. The van der Waals surface area contributed by atoms with Crippen molar-refractivity contribution in [2.75, 3.05) is 5.88 Å². The fourth-order valence-electron chi connectivity index (χ4n) is 1.38. The molecular weight excluding hydrogens is 211 g/mol. The van der Waals surface area contributed by atoms with Crippen molar-refractivity contribution in [3.63, 3.8) is 0 Å². The Hall–Kier alpha value is 0.280. The molecule has 66 valence electrons. The summed E-state index contributed by atoms with van der Waals surface area (Å²) >= 11 is 13.5. The van der Waals surface area contributed by atoms with Crippen molar-refractivity contribution in [1.82, 2.24) is 0 Å². The quantitative estimate of drug-likeness (QED) is 0.677. The van der Waals surface area contributed by atoms with E-state index in [-0.39, 0.29) is 0 Å². The molecule has 1 aliphatic rings. The first-order chi connectivity index (χ1) is 5.76. The molecule has 1 heterocycles. The van der Waals surface area contributed by atoms with Gasteiger partial charge in [0.25, 0.3) is 0 Å². The van der Waals surface area contributed by atoms with E-state index in [0.29, 0.717) is 5.41 Å². The molecule has 0 N–H and O–H groups in total. The molecule has 0 nitrogen and oxygen atoms in total. The Morgan fingerprint density at radius 2 is 2.25 bits per heavy atom. The molecule has 1 aromatic heterocycles. The zero-order valence-corrected chi connectivity index (χ0v) is 8.98. The maximum Gasteiger partial charge on any atom is 0.0960 e. The molecule has 0 spiro atoms. The minimum Gasteiger partial charge on any atom is -0.132 e. The molecule has 3 heteroatoms. The zero-order valence-electron chi connectivity index (χ0n) is 6.65. The molecule has 2 rings (SSSR count). The summed E-state index contributed by atoms with van der Waals surface area (Å²) in [4.78, 5) is 0. The van der Waals surface area contributed by atoms with Gasteiger partial charge < -0.3 is 0 Å². The average Bonchev–Trinajstić information content (AvgIpc) is 2.74. The van der Waals surface area contributed by atoms with E-state index in [1.165, 1.54) is 18.4 Å². The maximum absolute atomic E-state index is 6.01. The largest absolute Gasteiger partial charge is 0.132 e. The number of hydrogen-bond acceptors (Lipinski definition) is 1. The van der Waals surface area contributed by atoms with Crippen LogP contribution < -0.4 is 0 Å². The summed E-state index contributed by atoms with van der Waals surface area (Å²) in [5.74, 6) is 0.777. The molecule has 1 aromatic rings. The molecular formula is C9H10Cl2S. The molecule has 0 amide bonds. The van der Waals surface area contributed by atoms with Gasteiger partial charge in [0.05, 0.1) is 4.34 Å². The van der Waals surface area contributed by atoms with E-state index in [2.05, 4.69) is 6.07 Å². The van der Waals surface area contributed by atoms with E-state index < -0.39 is 0 Å². The second-order valence-electron chi connectivity index (χ2n) is 3.53. The van der Waals surface area contributed by atoms with Crippen molar-refractivity contribution in [2.45, 2.75) is 19.3 Å². The van der Waals surface area contributed by atoms with Crippen LogP contribution in [0, 0.1) is 5.41 Å². The van der Waals surface area contributed by atoms with Crippen LogP contribution in [0.4, 0.5) is 0 Å². The minimum atomic E-state index is 0.395. The molecule has 1 aliphatic carbocycles. The topological polar surface area (TPSA) is 0 Å². The van der Waals surface area contributed by atoms with Crippen LogP contribution in [0.2, 0.25) is 4.34 Å². The fraction of sp³-hybridized carbons (Fsp3) is 0.556. The van der Waals surface area contributed by atoms with Gasteiger partial charge >= 0.3 is 0 Å². The van der Waals surface area contributed by atoms with Gasteiger partial charge in [0.2, 0.25) is 0 Å². The Labute approximate surface area is 86.5 Å². The molecule has 1 saturated carbocycles. The zero-order chi connectivity index (χ0) is 8.60. The third kappa shape index (κ3) is 1.63. The Morgan fingerprint density at radius 1 is 1.50 bits per heavy atom. The van der Waals surface area contributed by atoms with Gasteiger partial charge in [0, 0.05) is 5.88 Å². The van der Waals surface area contributed by atoms with E-state index in [4.69, 9.17) is 23.2 Å². The molecule has 0 unspecified atom stereocenters. The van der Waals surface area contributed by atoms with Gasteiger partial charge in [-0.2, -0.15) is 0 Å². The Balaban J connectivity index is 2.08. The van der Waals surface area contributed by atoms with Gasteiger partial charge in [-0.15, -0.1) is 22.9 Å². The summed E-state index contributed by atoms with van der Waals surface area (Å²) in [7, 11) is 0. The van der Waals surface area contributed by atoms with Crippen LogP contribution in [0.5, 0.6) is 0 Å². The van der Waals surface area contributed by atoms with Gasteiger partial charge in [-0.3, -0.25) is 0 Å². The highest BCUT2D eigenvalue weighted by Gasteiger charge is 2.41. The van der Waals surface area contributed by atoms with Crippen molar-refractivity contribution in [3.8, 4) is 0 Å². The lowest BCUT2D eigenvalue weighted by Gasteiger charge is -2.09. The van der Waals surface area contributed by atoms with Gasteiger partial charge in [0.1, 0.15) is 0 Å². The minimum absolute atomic E-state index is 0.395. The normalized spacial score (nSPS) is 19.5. The average molecular weight is 221 g/mol. The number of alkyl halides is 1. The summed E-state index contributed by atoms with van der Waals surface area (Å²) in [6.07, 6.45) is 3.60. The molecule has 0 radical (unpaired) electrons. The van der Waals surface area contributed by atoms with Crippen molar-refractivity contribution >= 4 is 34.5 Å². The lowest BCUT2D eigenvalue weighted by molar-refractivity contribution is 0.579. The lowest BCUT2D eigenvalue weighted by atomic mass is 10.0. The van der Waals surface area contributed by atoms with E-state index in [1.54, 1.807) is 11.3 Å². The molecule has 1 fully saturated rings. The second kappa shape index (κ2) is 3.21. The van der Waals surface area contributed by atoms with E-state index in [1.807, 2.05) is 5.38 Å². The summed E-state index contributed by atoms with van der Waals surface area (Å²) in [5, 5.41) is 2.04. The summed E-state index contributed by atoms with van der Waals surface area (Å²) in [6.45, 7) is 0. The van der Waals surface area contributed by atoms with Gasteiger partial charge in [-0.25, -0.2) is 0 Å². The maximum atomic E-state index is 6.01. The standard InChI is InChI=1S/C9H10Cl2S/c10-6-9(2-3-9)5-7-1-4-12-8(7)11/h1,4H,2-3,5-6H2. The smallest absolute Gasteiger partial charge is 0.0960 e. The van der Waals surface area contributed by atoms with Crippen molar-refractivity contribution in [3.05, 3.63) is 21.3 Å². The summed E-state index contributed by atoms with van der Waals surface area (Å²) in [6, 6.07) is 2.11. The highest BCUT2D eigenvalue weighted by atomic mass is 35.5. The Kier molecular flexibility index (Phi) is 2.37. The predicted molar refractivity (Wildman–Crippen MR) is 55.4 cm³/mol. The van der Waals surface area contributed by atoms with Crippen LogP contribution in [-0.2, 0) is 6.42 Å². The van der Waals surface area contributed by atoms with E-state index in [0.717, 1.165) is 16.6 Å². The number of halogens is 2. The number of hydrogen-bond donors (Lipinski definition) is 0. The van der Waals surface area contributed by atoms with E-state index >= 15 is 0 Å². The monoisotopic (exact) mass is 220 g/mol. The Morgan fingerprint density at radius 3 is 2.67 bits per heavy atom. The third-order valence-electron chi connectivity index (χ3n) is 2.50. The van der Waals surface area contributed by atoms with Crippen molar-refractivity contribution in [1.29, 1.82) is 0 Å². The van der Waals surface area contributed by atoms with Crippen LogP contribution in [0.3, 0.4) is 0 Å². The van der Waals surface area contributed by atoms with Crippen molar-refractivity contribution < 1.29 is 0 Å². The van der Waals surface area contributed by atoms with Gasteiger partial charge in [-0.05, 0) is 41.7 Å². The number of rotatable bonds is 3.